The highest BCUT2D eigenvalue weighted by atomic mass is 28.3. The molecule has 1 heterocycles. The van der Waals surface area contributed by atoms with Crippen LogP contribution in [-0.4, -0.2) is 13.9 Å². The fraction of sp³-hybridized carbons (Fsp3) is 0.941. The van der Waals surface area contributed by atoms with Crippen molar-refractivity contribution in [2.45, 2.75) is 95.3 Å². The zero-order valence-electron chi connectivity index (χ0n) is 13.0. The van der Waals surface area contributed by atoms with Crippen LogP contribution in [-0.2, 0) is 4.79 Å². The number of Topliss-reactive ketones (excluding diaryl/α,β-unsaturated/α-hetero) is 1. The van der Waals surface area contributed by atoms with Crippen LogP contribution in [0.25, 0.3) is 0 Å². The molecule has 1 aliphatic heterocycles. The summed E-state index contributed by atoms with van der Waals surface area (Å²) < 4.78 is 0. The molecule has 0 amide bonds. The maximum atomic E-state index is 11.5. The number of hydrogen-bond acceptors (Lipinski definition) is 1. The Kier molecular flexibility index (Phi) is 5.67. The molecule has 19 heavy (non-hydrogen) atoms. The van der Waals surface area contributed by atoms with Gasteiger partial charge in [-0.05, 0) is 11.5 Å². The molecule has 0 unspecified atom stereocenters. The topological polar surface area (TPSA) is 17.1 Å². The van der Waals surface area contributed by atoms with Crippen LogP contribution in [0.1, 0.15) is 71.1 Å². The normalized spacial score (nSPS) is 31.4. The van der Waals surface area contributed by atoms with Gasteiger partial charge in [0.2, 0.25) is 0 Å². The van der Waals surface area contributed by atoms with Gasteiger partial charge in [-0.25, -0.2) is 0 Å². The molecular weight excluding hydrogens is 248 g/mol. The summed E-state index contributed by atoms with van der Waals surface area (Å²) in [6.07, 6.45) is 13.5. The van der Waals surface area contributed by atoms with Crippen LogP contribution >= 0.6 is 0 Å². The molecule has 0 bridgehead atoms. The first kappa shape index (κ1) is 15.3. The van der Waals surface area contributed by atoms with Crippen LogP contribution in [0.3, 0.4) is 0 Å². The summed E-state index contributed by atoms with van der Waals surface area (Å²) in [4.78, 5) is 11.5. The Morgan fingerprint density at radius 3 is 2.26 bits per heavy atom. The van der Waals surface area contributed by atoms with Gasteiger partial charge in [-0.15, -0.1) is 0 Å². The van der Waals surface area contributed by atoms with Crippen molar-refractivity contribution in [2.75, 3.05) is 0 Å². The third kappa shape index (κ3) is 4.17. The maximum absolute atomic E-state index is 11.5. The fourth-order valence-corrected chi connectivity index (χ4v) is 8.83. The van der Waals surface area contributed by atoms with E-state index in [0.717, 1.165) is 24.3 Å². The summed E-state index contributed by atoms with van der Waals surface area (Å²) in [6.45, 7) is 4.90. The average Bonchev–Trinajstić information content (AvgIpc) is 2.43. The van der Waals surface area contributed by atoms with Crippen LogP contribution in [0.5, 0.6) is 0 Å². The van der Waals surface area contributed by atoms with Gasteiger partial charge in [0, 0.05) is 12.8 Å². The third-order valence-electron chi connectivity index (χ3n) is 6.00. The molecule has 2 rings (SSSR count). The first-order chi connectivity index (χ1) is 9.14. The van der Waals surface area contributed by atoms with Gasteiger partial charge in [0.1, 0.15) is 5.78 Å². The smallest absolute Gasteiger partial charge is 0.132 e. The van der Waals surface area contributed by atoms with E-state index in [2.05, 4.69) is 13.5 Å². The second-order valence-corrected chi connectivity index (χ2v) is 12.5. The molecule has 0 radical (unpaired) electrons. The SMILES string of the molecule is CCCCCC1CCC([Si]2(C)CCC(=O)CC2)CC1. The van der Waals surface area contributed by atoms with Gasteiger partial charge in [-0.2, -0.15) is 0 Å². The van der Waals surface area contributed by atoms with Crippen molar-refractivity contribution in [1.29, 1.82) is 0 Å². The van der Waals surface area contributed by atoms with Crippen LogP contribution in [0.4, 0.5) is 0 Å². The van der Waals surface area contributed by atoms with E-state index in [0.29, 0.717) is 5.78 Å². The van der Waals surface area contributed by atoms with E-state index in [9.17, 15) is 4.79 Å². The summed E-state index contributed by atoms with van der Waals surface area (Å²) in [5, 5.41) is 0. The number of unbranched alkanes of at least 4 members (excludes halogenated alkanes) is 2. The highest BCUT2D eigenvalue weighted by Crippen LogP contribution is 2.46. The molecule has 0 spiro atoms. The van der Waals surface area contributed by atoms with Gasteiger partial charge in [-0.1, -0.05) is 76.9 Å². The zero-order chi connectivity index (χ0) is 13.7. The highest BCUT2D eigenvalue weighted by molar-refractivity contribution is 6.80. The van der Waals surface area contributed by atoms with E-state index in [1.54, 1.807) is 0 Å². The summed E-state index contributed by atoms with van der Waals surface area (Å²) >= 11 is 0. The molecule has 1 saturated carbocycles. The van der Waals surface area contributed by atoms with Crippen molar-refractivity contribution in [3.8, 4) is 0 Å². The largest absolute Gasteiger partial charge is 0.300 e. The van der Waals surface area contributed by atoms with Gasteiger partial charge in [0.25, 0.3) is 0 Å². The van der Waals surface area contributed by atoms with Crippen molar-refractivity contribution in [3.63, 3.8) is 0 Å². The number of carbonyl (C=O) groups excluding carboxylic acids is 1. The lowest BCUT2D eigenvalue weighted by atomic mass is 9.85. The summed E-state index contributed by atoms with van der Waals surface area (Å²) in [5.41, 5.74) is 1.04. The Labute approximate surface area is 120 Å². The molecule has 110 valence electrons. The number of hydrogen-bond donors (Lipinski definition) is 0. The molecule has 1 nitrogen and oxygen atoms in total. The lowest BCUT2D eigenvalue weighted by Crippen LogP contribution is -2.41. The number of ketones is 1. The van der Waals surface area contributed by atoms with Gasteiger partial charge >= 0.3 is 0 Å². The van der Waals surface area contributed by atoms with E-state index >= 15 is 0 Å². The van der Waals surface area contributed by atoms with Crippen molar-refractivity contribution < 1.29 is 4.79 Å². The number of carbonyl (C=O) groups is 1. The minimum Gasteiger partial charge on any atom is -0.300 e. The average molecular weight is 281 g/mol. The third-order valence-corrected chi connectivity index (χ3v) is 11.3. The first-order valence-electron chi connectivity index (χ1n) is 8.66. The van der Waals surface area contributed by atoms with Crippen molar-refractivity contribution in [3.05, 3.63) is 0 Å². The van der Waals surface area contributed by atoms with E-state index in [4.69, 9.17) is 0 Å². The Hall–Kier alpha value is -0.113. The predicted octanol–water partition coefficient (Wildman–Crippen LogP) is 5.57. The van der Waals surface area contributed by atoms with Gasteiger partial charge in [-0.3, -0.25) is 4.79 Å². The van der Waals surface area contributed by atoms with E-state index in [1.165, 1.54) is 63.5 Å². The van der Waals surface area contributed by atoms with Crippen LogP contribution in [0, 0.1) is 5.92 Å². The van der Waals surface area contributed by atoms with Crippen LogP contribution in [0.15, 0.2) is 0 Å². The lowest BCUT2D eigenvalue weighted by molar-refractivity contribution is -0.118. The zero-order valence-corrected chi connectivity index (χ0v) is 14.0. The van der Waals surface area contributed by atoms with Gasteiger partial charge in [0.05, 0.1) is 8.07 Å². The molecule has 2 heteroatoms. The Bertz CT molecular complexity index is 282. The molecule has 1 aliphatic carbocycles. The quantitative estimate of drug-likeness (QED) is 0.475. The van der Waals surface area contributed by atoms with E-state index in [-0.39, 0.29) is 0 Å². The fourth-order valence-electron chi connectivity index (χ4n) is 4.34. The van der Waals surface area contributed by atoms with Crippen molar-refractivity contribution in [2.24, 2.45) is 5.92 Å². The first-order valence-corrected chi connectivity index (χ1v) is 11.6. The van der Waals surface area contributed by atoms with E-state index in [1.807, 2.05) is 0 Å². The Morgan fingerprint density at radius 1 is 1.05 bits per heavy atom. The molecule has 0 aromatic rings. The molecule has 1 saturated heterocycles. The maximum Gasteiger partial charge on any atom is 0.132 e. The molecule has 0 atom stereocenters. The molecule has 0 aromatic carbocycles. The molecule has 0 aromatic heterocycles. The minimum atomic E-state index is -1.07. The van der Waals surface area contributed by atoms with Crippen LogP contribution in [0.2, 0.25) is 24.2 Å². The van der Waals surface area contributed by atoms with Gasteiger partial charge < -0.3 is 0 Å². The minimum absolute atomic E-state index is 0.540. The summed E-state index contributed by atoms with van der Waals surface area (Å²) in [5.74, 6) is 1.57. The van der Waals surface area contributed by atoms with E-state index < -0.39 is 8.07 Å². The Morgan fingerprint density at radius 2 is 1.68 bits per heavy atom. The monoisotopic (exact) mass is 280 g/mol. The second kappa shape index (κ2) is 7.06. The second-order valence-electron chi connectivity index (χ2n) is 7.41. The van der Waals surface area contributed by atoms with Crippen molar-refractivity contribution in [1.82, 2.24) is 0 Å². The number of rotatable bonds is 5. The van der Waals surface area contributed by atoms with Crippen LogP contribution < -0.4 is 0 Å². The predicted molar refractivity (Wildman–Crippen MR) is 85.3 cm³/mol. The van der Waals surface area contributed by atoms with Gasteiger partial charge in [0.15, 0.2) is 0 Å². The summed E-state index contributed by atoms with van der Waals surface area (Å²) in [6, 6.07) is 2.61. The highest BCUT2D eigenvalue weighted by Gasteiger charge is 2.40. The Balaban J connectivity index is 1.74. The molecule has 0 N–H and O–H groups in total. The molecule has 2 fully saturated rings. The lowest BCUT2D eigenvalue weighted by Gasteiger charge is -2.42. The molecule has 2 aliphatic rings. The van der Waals surface area contributed by atoms with Crippen molar-refractivity contribution >= 4 is 13.9 Å². The summed E-state index contributed by atoms with van der Waals surface area (Å²) in [7, 11) is -1.07. The standard InChI is InChI=1S/C17H32OSi/c1-3-4-5-6-15-7-9-17(10-8-15)19(2)13-11-16(18)12-14-19/h15,17H,3-14H2,1-2H3. The molecular formula is C17H32OSi.